The molecule has 0 saturated carbocycles. The van der Waals surface area contributed by atoms with Gasteiger partial charge < -0.3 is 10.2 Å². The third-order valence-electron chi connectivity index (χ3n) is 4.48. The normalized spacial score (nSPS) is 13.4. The quantitative estimate of drug-likeness (QED) is 0.534. The van der Waals surface area contributed by atoms with Crippen LogP contribution in [0.4, 0.5) is 10.5 Å². The van der Waals surface area contributed by atoms with Crippen LogP contribution in [0.25, 0.3) is 10.4 Å². The summed E-state index contributed by atoms with van der Waals surface area (Å²) in [5, 5.41) is 5.87. The minimum absolute atomic E-state index is 0.128. The predicted octanol–water partition coefficient (Wildman–Crippen LogP) is 6.31. The fourth-order valence-corrected chi connectivity index (χ4v) is 4.12. The molecule has 2 amide bonds. The maximum absolute atomic E-state index is 12.6. The van der Waals surface area contributed by atoms with Crippen molar-refractivity contribution >= 4 is 46.3 Å². The minimum Gasteiger partial charge on any atom is -0.320 e. The number of halogens is 2. The molecule has 2 heterocycles. The van der Waals surface area contributed by atoms with Gasteiger partial charge >= 0.3 is 6.03 Å². The van der Waals surface area contributed by atoms with Crippen LogP contribution in [0.5, 0.6) is 0 Å². The van der Waals surface area contributed by atoms with E-state index in [2.05, 4.69) is 41.0 Å². The summed E-state index contributed by atoms with van der Waals surface area (Å²) in [5.41, 5.74) is 4.39. The highest BCUT2D eigenvalue weighted by Gasteiger charge is 2.21. The lowest BCUT2D eigenvalue weighted by Gasteiger charge is -2.29. The van der Waals surface area contributed by atoms with Crippen molar-refractivity contribution in [3.63, 3.8) is 0 Å². The Morgan fingerprint density at radius 2 is 1.92 bits per heavy atom. The second kappa shape index (κ2) is 7.31. The van der Waals surface area contributed by atoms with Gasteiger partial charge in [-0.15, -0.1) is 11.3 Å². The van der Waals surface area contributed by atoms with Crippen molar-refractivity contribution in [3.8, 4) is 10.4 Å². The highest BCUT2D eigenvalue weighted by atomic mass is 35.5. The fourth-order valence-electron chi connectivity index (χ4n) is 3.10. The molecule has 0 unspecified atom stereocenters. The molecule has 0 atom stereocenters. The number of nitrogens with one attached hydrogen (secondary N) is 1. The molecule has 3 aromatic rings. The maximum Gasteiger partial charge on any atom is 0.322 e. The number of thiophene rings is 1. The Morgan fingerprint density at radius 1 is 1.04 bits per heavy atom. The standard InChI is InChI=1S/C20H16Cl2N2OS/c21-17-6-5-16(11-18(17)22)23-20(25)24-8-7-13-10-14(3-4-15(13)12-24)19-2-1-9-26-19/h1-6,9-11H,7-8,12H2,(H,23,25). The number of benzene rings is 2. The first-order valence-corrected chi connectivity index (χ1v) is 9.90. The molecular formula is C20H16Cl2N2OS. The number of urea groups is 1. The van der Waals surface area contributed by atoms with Crippen LogP contribution in [0, 0.1) is 0 Å². The molecule has 0 bridgehead atoms. The van der Waals surface area contributed by atoms with Gasteiger partial charge in [0.05, 0.1) is 10.0 Å². The lowest BCUT2D eigenvalue weighted by molar-refractivity contribution is 0.206. The molecule has 1 N–H and O–H groups in total. The van der Waals surface area contributed by atoms with E-state index in [1.54, 1.807) is 29.5 Å². The zero-order chi connectivity index (χ0) is 18.1. The number of amides is 2. The number of hydrogen-bond donors (Lipinski definition) is 1. The van der Waals surface area contributed by atoms with E-state index in [-0.39, 0.29) is 6.03 Å². The van der Waals surface area contributed by atoms with Gasteiger partial charge in [0.2, 0.25) is 0 Å². The van der Waals surface area contributed by atoms with Gasteiger partial charge in [0.1, 0.15) is 0 Å². The zero-order valence-electron chi connectivity index (χ0n) is 13.8. The van der Waals surface area contributed by atoms with E-state index in [1.165, 1.54) is 21.6 Å². The van der Waals surface area contributed by atoms with Crippen molar-refractivity contribution < 1.29 is 4.79 Å². The Kier molecular flexibility index (Phi) is 4.90. The second-order valence-electron chi connectivity index (χ2n) is 6.19. The van der Waals surface area contributed by atoms with Crippen molar-refractivity contribution in [1.82, 2.24) is 4.90 Å². The Morgan fingerprint density at radius 3 is 2.69 bits per heavy atom. The first-order valence-electron chi connectivity index (χ1n) is 8.27. The number of rotatable bonds is 2. The van der Waals surface area contributed by atoms with Crippen LogP contribution in [0.15, 0.2) is 53.9 Å². The maximum atomic E-state index is 12.6. The molecule has 6 heteroatoms. The van der Waals surface area contributed by atoms with E-state index >= 15 is 0 Å². The van der Waals surface area contributed by atoms with Crippen molar-refractivity contribution in [3.05, 3.63) is 75.1 Å². The molecule has 26 heavy (non-hydrogen) atoms. The topological polar surface area (TPSA) is 32.3 Å². The van der Waals surface area contributed by atoms with Crippen LogP contribution >= 0.6 is 34.5 Å². The molecule has 0 fully saturated rings. The summed E-state index contributed by atoms with van der Waals surface area (Å²) < 4.78 is 0. The van der Waals surface area contributed by atoms with Crippen LogP contribution in [0.2, 0.25) is 10.0 Å². The molecule has 1 aliphatic rings. The number of fused-ring (bicyclic) bond motifs is 1. The molecule has 4 rings (SSSR count). The summed E-state index contributed by atoms with van der Waals surface area (Å²) in [7, 11) is 0. The number of nitrogens with zero attached hydrogens (tertiary/aromatic N) is 1. The Bertz CT molecular complexity index is 956. The summed E-state index contributed by atoms with van der Waals surface area (Å²) in [6.45, 7) is 1.29. The van der Waals surface area contributed by atoms with E-state index in [4.69, 9.17) is 23.2 Å². The van der Waals surface area contributed by atoms with Gasteiger partial charge in [-0.25, -0.2) is 4.79 Å². The molecule has 0 radical (unpaired) electrons. The second-order valence-corrected chi connectivity index (χ2v) is 7.95. The molecule has 1 aromatic heterocycles. The van der Waals surface area contributed by atoms with Crippen molar-refractivity contribution in [2.24, 2.45) is 0 Å². The van der Waals surface area contributed by atoms with Crippen molar-refractivity contribution in [2.45, 2.75) is 13.0 Å². The first kappa shape index (κ1) is 17.4. The Hall–Kier alpha value is -2.01. The van der Waals surface area contributed by atoms with Crippen LogP contribution < -0.4 is 5.32 Å². The average Bonchev–Trinajstić information content (AvgIpc) is 3.18. The largest absolute Gasteiger partial charge is 0.322 e. The number of carbonyl (C=O) groups is 1. The molecule has 0 spiro atoms. The lowest BCUT2D eigenvalue weighted by atomic mass is 9.97. The minimum atomic E-state index is -0.128. The van der Waals surface area contributed by atoms with Crippen molar-refractivity contribution in [2.75, 3.05) is 11.9 Å². The zero-order valence-corrected chi connectivity index (χ0v) is 16.2. The molecular weight excluding hydrogens is 387 g/mol. The van der Waals surface area contributed by atoms with Gasteiger partial charge in [-0.1, -0.05) is 41.4 Å². The summed E-state index contributed by atoms with van der Waals surface area (Å²) in [6.07, 6.45) is 0.851. The molecule has 0 saturated heterocycles. The Labute approximate surface area is 166 Å². The van der Waals surface area contributed by atoms with Gasteiger partial charge in [0.15, 0.2) is 0 Å². The monoisotopic (exact) mass is 402 g/mol. The van der Waals surface area contributed by atoms with Crippen molar-refractivity contribution in [1.29, 1.82) is 0 Å². The van der Waals surface area contributed by atoms with E-state index < -0.39 is 0 Å². The number of anilines is 1. The Balaban J connectivity index is 1.47. The summed E-state index contributed by atoms with van der Waals surface area (Å²) in [5.74, 6) is 0. The first-order chi connectivity index (χ1) is 12.6. The van der Waals surface area contributed by atoms with Gasteiger partial charge in [0.25, 0.3) is 0 Å². The third kappa shape index (κ3) is 3.58. The molecule has 132 valence electrons. The van der Waals surface area contributed by atoms with E-state index in [9.17, 15) is 4.79 Å². The summed E-state index contributed by atoms with van der Waals surface area (Å²) >= 11 is 13.7. The number of carbonyl (C=O) groups excluding carboxylic acids is 1. The molecule has 2 aromatic carbocycles. The van der Waals surface area contributed by atoms with Crippen LogP contribution in [-0.4, -0.2) is 17.5 Å². The van der Waals surface area contributed by atoms with Gasteiger partial charge in [-0.3, -0.25) is 0 Å². The molecule has 3 nitrogen and oxygen atoms in total. The predicted molar refractivity (Wildman–Crippen MR) is 109 cm³/mol. The van der Waals surface area contributed by atoms with E-state index in [1.807, 2.05) is 4.90 Å². The van der Waals surface area contributed by atoms with Crippen LogP contribution in [0.3, 0.4) is 0 Å². The highest BCUT2D eigenvalue weighted by Crippen LogP contribution is 2.30. The van der Waals surface area contributed by atoms with Crippen LogP contribution in [0.1, 0.15) is 11.1 Å². The van der Waals surface area contributed by atoms with Crippen LogP contribution in [-0.2, 0) is 13.0 Å². The molecule has 1 aliphatic heterocycles. The van der Waals surface area contributed by atoms with E-state index in [0.717, 1.165) is 6.42 Å². The average molecular weight is 403 g/mol. The van der Waals surface area contributed by atoms with Gasteiger partial charge in [0, 0.05) is 23.7 Å². The molecule has 0 aliphatic carbocycles. The highest BCUT2D eigenvalue weighted by molar-refractivity contribution is 7.13. The number of hydrogen-bond acceptors (Lipinski definition) is 2. The van der Waals surface area contributed by atoms with Gasteiger partial charge in [-0.05, 0) is 58.8 Å². The fraction of sp³-hybridized carbons (Fsp3) is 0.150. The lowest BCUT2D eigenvalue weighted by Crippen LogP contribution is -2.38. The summed E-state index contributed by atoms with van der Waals surface area (Å²) in [4.78, 5) is 15.7. The third-order valence-corrected chi connectivity index (χ3v) is 6.14. The SMILES string of the molecule is O=C(Nc1ccc(Cl)c(Cl)c1)N1CCc2cc(-c3cccs3)ccc2C1. The van der Waals surface area contributed by atoms with Gasteiger partial charge in [-0.2, -0.15) is 0 Å². The smallest absolute Gasteiger partial charge is 0.320 e. The summed E-state index contributed by atoms with van der Waals surface area (Å²) in [6, 6.07) is 15.7. The van der Waals surface area contributed by atoms with E-state index in [0.29, 0.717) is 28.8 Å².